The quantitative estimate of drug-likeness (QED) is 0.775. The van der Waals surface area contributed by atoms with E-state index < -0.39 is 0 Å². The van der Waals surface area contributed by atoms with Gasteiger partial charge in [0.25, 0.3) is 5.91 Å². The zero-order valence-electron chi connectivity index (χ0n) is 14.4. The molecular formula is C17H21N7O. The average molecular weight is 339 g/mol. The fraction of sp³-hybridized carbons (Fsp3) is 0.412. The molecule has 0 unspecified atom stereocenters. The summed E-state index contributed by atoms with van der Waals surface area (Å²) in [6, 6.07) is 10.0. The fourth-order valence-electron chi connectivity index (χ4n) is 3.42. The number of nitrogens with zero attached hydrogens (tertiary/aromatic N) is 6. The van der Waals surface area contributed by atoms with E-state index in [0.29, 0.717) is 18.8 Å². The highest BCUT2D eigenvalue weighted by atomic mass is 16.2. The maximum absolute atomic E-state index is 12.8. The van der Waals surface area contributed by atoms with E-state index in [1.165, 1.54) is 0 Å². The first-order valence-electron chi connectivity index (χ1n) is 8.47. The van der Waals surface area contributed by atoms with Crippen LogP contribution in [-0.4, -0.2) is 67.1 Å². The van der Waals surface area contributed by atoms with Gasteiger partial charge < -0.3 is 9.88 Å². The molecule has 1 N–H and O–H groups in total. The molecule has 1 aliphatic heterocycles. The van der Waals surface area contributed by atoms with Crippen LogP contribution in [0.15, 0.2) is 30.3 Å². The molecule has 2 aromatic heterocycles. The van der Waals surface area contributed by atoms with Gasteiger partial charge in [-0.05, 0) is 29.5 Å². The number of carbonyl (C=O) groups is 1. The molecule has 1 atom stereocenters. The molecule has 1 aliphatic rings. The molecule has 1 amide bonds. The van der Waals surface area contributed by atoms with Crippen LogP contribution in [-0.2, 0) is 7.05 Å². The third-order valence-corrected chi connectivity index (χ3v) is 4.94. The van der Waals surface area contributed by atoms with E-state index in [9.17, 15) is 4.79 Å². The average Bonchev–Trinajstić information content (AvgIpc) is 3.26. The number of tetrazole rings is 1. The molecule has 4 rings (SSSR count). The number of benzene rings is 1. The standard InChI is InChI=1S/C17H21N7O/c1-12(16-19-20-21-22(16)2)23-7-9-24(10-8-23)17(25)15-11-13-5-3-4-6-14(13)18-15/h3-6,11-12,18H,7-10H2,1-2H3/t12-/m1/s1. The molecule has 0 saturated carbocycles. The summed E-state index contributed by atoms with van der Waals surface area (Å²) in [6.07, 6.45) is 0. The summed E-state index contributed by atoms with van der Waals surface area (Å²) >= 11 is 0. The molecule has 130 valence electrons. The summed E-state index contributed by atoms with van der Waals surface area (Å²) in [4.78, 5) is 20.2. The van der Waals surface area contributed by atoms with Gasteiger partial charge in [-0.3, -0.25) is 9.69 Å². The van der Waals surface area contributed by atoms with Crippen molar-refractivity contribution < 1.29 is 4.79 Å². The molecular weight excluding hydrogens is 318 g/mol. The van der Waals surface area contributed by atoms with Crippen molar-refractivity contribution in [3.63, 3.8) is 0 Å². The Bertz CT molecular complexity index is 858. The van der Waals surface area contributed by atoms with Gasteiger partial charge in [-0.2, -0.15) is 0 Å². The van der Waals surface area contributed by atoms with E-state index in [2.05, 4.69) is 32.3 Å². The monoisotopic (exact) mass is 339 g/mol. The van der Waals surface area contributed by atoms with Crippen LogP contribution in [0.3, 0.4) is 0 Å². The number of carbonyl (C=O) groups excluding carboxylic acids is 1. The Balaban J connectivity index is 1.43. The Morgan fingerprint density at radius 1 is 1.20 bits per heavy atom. The maximum Gasteiger partial charge on any atom is 0.270 e. The molecule has 0 radical (unpaired) electrons. The summed E-state index contributed by atoms with van der Waals surface area (Å²) in [5.74, 6) is 0.902. The van der Waals surface area contributed by atoms with Crippen LogP contribution in [0.1, 0.15) is 29.3 Å². The van der Waals surface area contributed by atoms with E-state index in [-0.39, 0.29) is 11.9 Å². The third kappa shape index (κ3) is 2.89. The number of amides is 1. The van der Waals surface area contributed by atoms with Gasteiger partial charge in [0.05, 0.1) is 6.04 Å². The van der Waals surface area contributed by atoms with Gasteiger partial charge in [0.2, 0.25) is 0 Å². The van der Waals surface area contributed by atoms with Crippen LogP contribution < -0.4 is 0 Å². The second-order valence-electron chi connectivity index (χ2n) is 6.44. The van der Waals surface area contributed by atoms with E-state index in [0.717, 1.165) is 29.8 Å². The number of hydrogen-bond donors (Lipinski definition) is 1. The van der Waals surface area contributed by atoms with Crippen molar-refractivity contribution in [2.75, 3.05) is 26.2 Å². The molecule has 1 saturated heterocycles. The lowest BCUT2D eigenvalue weighted by Crippen LogP contribution is -2.49. The van der Waals surface area contributed by atoms with Crippen LogP contribution in [0.4, 0.5) is 0 Å². The predicted molar refractivity (Wildman–Crippen MR) is 93.0 cm³/mol. The molecule has 3 heterocycles. The van der Waals surface area contributed by atoms with Crippen molar-refractivity contribution in [3.8, 4) is 0 Å². The minimum Gasteiger partial charge on any atom is -0.351 e. The van der Waals surface area contributed by atoms with Crippen molar-refractivity contribution in [1.82, 2.24) is 35.0 Å². The first-order valence-corrected chi connectivity index (χ1v) is 8.47. The Morgan fingerprint density at radius 2 is 1.96 bits per heavy atom. The summed E-state index contributed by atoms with van der Waals surface area (Å²) < 4.78 is 1.70. The lowest BCUT2D eigenvalue weighted by Gasteiger charge is -2.37. The van der Waals surface area contributed by atoms with Gasteiger partial charge in [0.15, 0.2) is 5.82 Å². The Labute approximate surface area is 145 Å². The van der Waals surface area contributed by atoms with Gasteiger partial charge in [0.1, 0.15) is 5.69 Å². The van der Waals surface area contributed by atoms with E-state index in [1.807, 2.05) is 42.3 Å². The van der Waals surface area contributed by atoms with Crippen LogP contribution in [0.5, 0.6) is 0 Å². The number of rotatable bonds is 3. The minimum atomic E-state index is 0.0591. The number of aromatic nitrogens is 5. The van der Waals surface area contributed by atoms with Crippen molar-refractivity contribution in [1.29, 1.82) is 0 Å². The number of nitrogens with one attached hydrogen (secondary N) is 1. The van der Waals surface area contributed by atoms with E-state index in [4.69, 9.17) is 0 Å². The summed E-state index contributed by atoms with van der Waals surface area (Å²) in [7, 11) is 1.85. The minimum absolute atomic E-state index is 0.0591. The number of piperazine rings is 1. The number of hydrogen-bond acceptors (Lipinski definition) is 5. The molecule has 8 heteroatoms. The summed E-state index contributed by atoms with van der Waals surface area (Å²) in [5, 5.41) is 12.8. The molecule has 1 fully saturated rings. The van der Waals surface area contributed by atoms with Crippen molar-refractivity contribution in [3.05, 3.63) is 41.9 Å². The zero-order valence-corrected chi connectivity index (χ0v) is 14.4. The lowest BCUT2D eigenvalue weighted by atomic mass is 10.2. The highest BCUT2D eigenvalue weighted by Crippen LogP contribution is 2.20. The number of H-pyrrole nitrogens is 1. The van der Waals surface area contributed by atoms with Crippen molar-refractivity contribution in [2.24, 2.45) is 7.05 Å². The van der Waals surface area contributed by atoms with Crippen LogP contribution in [0, 0.1) is 0 Å². The maximum atomic E-state index is 12.8. The Kier molecular flexibility index (Phi) is 3.96. The highest BCUT2D eigenvalue weighted by molar-refractivity contribution is 5.98. The first kappa shape index (κ1) is 15.8. The SMILES string of the molecule is C[C@H](c1nnnn1C)N1CCN(C(=O)c2cc3ccccc3[nH]2)CC1. The normalized spacial score (nSPS) is 17.1. The second kappa shape index (κ2) is 6.29. The molecule has 1 aromatic carbocycles. The summed E-state index contributed by atoms with van der Waals surface area (Å²) in [6.45, 7) is 5.11. The van der Waals surface area contributed by atoms with Crippen molar-refractivity contribution >= 4 is 16.8 Å². The van der Waals surface area contributed by atoms with Crippen LogP contribution in [0.25, 0.3) is 10.9 Å². The van der Waals surface area contributed by atoms with Gasteiger partial charge in [-0.1, -0.05) is 18.2 Å². The van der Waals surface area contributed by atoms with Gasteiger partial charge in [0, 0.05) is 44.1 Å². The number of para-hydroxylation sites is 1. The molecule has 3 aromatic rings. The fourth-order valence-corrected chi connectivity index (χ4v) is 3.42. The molecule has 0 aliphatic carbocycles. The van der Waals surface area contributed by atoms with Crippen LogP contribution >= 0.6 is 0 Å². The first-order chi connectivity index (χ1) is 12.1. The number of aryl methyl sites for hydroxylation is 1. The van der Waals surface area contributed by atoms with Crippen molar-refractivity contribution in [2.45, 2.75) is 13.0 Å². The Morgan fingerprint density at radius 3 is 2.64 bits per heavy atom. The smallest absolute Gasteiger partial charge is 0.270 e. The largest absolute Gasteiger partial charge is 0.351 e. The number of fused-ring (bicyclic) bond motifs is 1. The molecule has 0 spiro atoms. The zero-order chi connectivity index (χ0) is 17.4. The summed E-state index contributed by atoms with van der Waals surface area (Å²) in [5.41, 5.74) is 1.65. The predicted octanol–water partition coefficient (Wildman–Crippen LogP) is 1.21. The Hall–Kier alpha value is -2.74. The topological polar surface area (TPSA) is 82.9 Å². The third-order valence-electron chi connectivity index (χ3n) is 4.94. The molecule has 8 nitrogen and oxygen atoms in total. The van der Waals surface area contributed by atoms with E-state index in [1.54, 1.807) is 4.68 Å². The highest BCUT2D eigenvalue weighted by Gasteiger charge is 2.28. The molecule has 25 heavy (non-hydrogen) atoms. The van der Waals surface area contributed by atoms with Gasteiger partial charge in [-0.25, -0.2) is 4.68 Å². The lowest BCUT2D eigenvalue weighted by molar-refractivity contribution is 0.0567. The number of aromatic amines is 1. The van der Waals surface area contributed by atoms with Crippen LogP contribution in [0.2, 0.25) is 0 Å². The second-order valence-corrected chi connectivity index (χ2v) is 6.44. The van der Waals surface area contributed by atoms with E-state index >= 15 is 0 Å². The van der Waals surface area contributed by atoms with Gasteiger partial charge >= 0.3 is 0 Å². The molecule has 0 bridgehead atoms. The van der Waals surface area contributed by atoms with Gasteiger partial charge in [-0.15, -0.1) is 5.10 Å².